The van der Waals surface area contributed by atoms with Crippen LogP contribution in [0.2, 0.25) is 5.02 Å². The van der Waals surface area contributed by atoms with Crippen LogP contribution >= 0.6 is 23.2 Å². The molecule has 0 aliphatic carbocycles. The second-order valence-corrected chi connectivity index (χ2v) is 7.95. The molecular weight excluding hydrogens is 303 g/mol. The van der Waals surface area contributed by atoms with Crippen LogP contribution < -0.4 is 0 Å². The zero-order valence-corrected chi connectivity index (χ0v) is 13.4. The molecule has 108 valence electrons. The van der Waals surface area contributed by atoms with Gasteiger partial charge in [0.25, 0.3) is 0 Å². The van der Waals surface area contributed by atoms with Gasteiger partial charge in [0.2, 0.25) is 0 Å². The largest absolute Gasteiger partial charge is 0.229 e. The van der Waals surface area contributed by atoms with Crippen LogP contribution in [0.15, 0.2) is 24.3 Å². The summed E-state index contributed by atoms with van der Waals surface area (Å²) >= 11 is 11.9. The summed E-state index contributed by atoms with van der Waals surface area (Å²) in [6.45, 7) is 1.68. The minimum atomic E-state index is -2.87. The van der Waals surface area contributed by atoms with E-state index < -0.39 is 9.84 Å². The Kier molecular flexibility index (Phi) is 7.19. The zero-order chi connectivity index (χ0) is 14.3. The fraction of sp³-hybridized carbons (Fsp3) is 0.571. The van der Waals surface area contributed by atoms with Gasteiger partial charge in [0.1, 0.15) is 9.84 Å². The van der Waals surface area contributed by atoms with Crippen LogP contribution in [0.1, 0.15) is 25.3 Å². The van der Waals surface area contributed by atoms with Crippen molar-refractivity contribution in [2.45, 2.75) is 26.2 Å². The number of rotatable bonds is 8. The number of hydrogen-bond donors (Lipinski definition) is 0. The van der Waals surface area contributed by atoms with Gasteiger partial charge in [0.05, 0.1) is 5.75 Å². The Morgan fingerprint density at radius 3 is 2.63 bits per heavy atom. The van der Waals surface area contributed by atoms with Crippen molar-refractivity contribution in [2.24, 2.45) is 5.92 Å². The number of halogens is 2. The monoisotopic (exact) mass is 322 g/mol. The first-order valence-electron chi connectivity index (χ1n) is 6.47. The molecule has 0 fully saturated rings. The van der Waals surface area contributed by atoms with Gasteiger partial charge in [-0.2, -0.15) is 0 Å². The number of benzene rings is 1. The van der Waals surface area contributed by atoms with Crippen molar-refractivity contribution >= 4 is 33.0 Å². The molecule has 0 N–H and O–H groups in total. The lowest BCUT2D eigenvalue weighted by Crippen LogP contribution is -2.12. The Bertz CT molecular complexity index is 486. The molecule has 0 spiro atoms. The summed E-state index contributed by atoms with van der Waals surface area (Å²) in [4.78, 5) is 0. The molecule has 2 nitrogen and oxygen atoms in total. The Morgan fingerprint density at radius 2 is 2.05 bits per heavy atom. The van der Waals surface area contributed by atoms with Crippen LogP contribution in [-0.2, 0) is 16.3 Å². The summed E-state index contributed by atoms with van der Waals surface area (Å²) in [5.41, 5.74) is 1.15. The molecule has 1 aromatic rings. The van der Waals surface area contributed by atoms with Crippen molar-refractivity contribution in [1.29, 1.82) is 0 Å². The molecule has 0 aliphatic rings. The minimum Gasteiger partial charge on any atom is -0.229 e. The lowest BCUT2D eigenvalue weighted by molar-refractivity contribution is 0.523. The molecule has 0 bridgehead atoms. The highest BCUT2D eigenvalue weighted by atomic mass is 35.5. The summed E-state index contributed by atoms with van der Waals surface area (Å²) in [7, 11) is -2.87. The van der Waals surface area contributed by atoms with E-state index in [-0.39, 0.29) is 11.5 Å². The van der Waals surface area contributed by atoms with Gasteiger partial charge in [-0.3, -0.25) is 0 Å². The predicted octanol–water partition coefficient (Wildman–Crippen LogP) is 3.95. The molecular formula is C14H20Cl2O2S. The van der Waals surface area contributed by atoms with Gasteiger partial charge in [0, 0.05) is 16.7 Å². The second-order valence-electron chi connectivity index (χ2n) is 4.73. The van der Waals surface area contributed by atoms with E-state index in [1.807, 2.05) is 24.3 Å². The van der Waals surface area contributed by atoms with Crippen LogP contribution in [-0.4, -0.2) is 25.8 Å². The molecule has 0 saturated carbocycles. The standard InChI is InChI=1S/C14H20Cl2O2S/c1-2-19(17,18)8-4-6-13(11-15)9-12-5-3-7-14(16)10-12/h3,5,7,10,13H,2,4,6,8-9,11H2,1H3. The van der Waals surface area contributed by atoms with Crippen molar-refractivity contribution in [3.8, 4) is 0 Å². The third kappa shape index (κ3) is 6.64. The van der Waals surface area contributed by atoms with E-state index in [0.29, 0.717) is 18.2 Å². The molecule has 0 amide bonds. The van der Waals surface area contributed by atoms with Crippen LogP contribution in [0, 0.1) is 5.92 Å². The Balaban J connectivity index is 2.46. The lowest BCUT2D eigenvalue weighted by Gasteiger charge is -2.14. The number of sulfone groups is 1. The Hall–Kier alpha value is -0.250. The Morgan fingerprint density at radius 1 is 1.32 bits per heavy atom. The molecule has 0 radical (unpaired) electrons. The highest BCUT2D eigenvalue weighted by Crippen LogP contribution is 2.19. The maximum absolute atomic E-state index is 11.4. The van der Waals surface area contributed by atoms with Crippen LogP contribution in [0.3, 0.4) is 0 Å². The molecule has 1 atom stereocenters. The molecule has 1 unspecified atom stereocenters. The normalized spacial score (nSPS) is 13.4. The molecule has 1 aromatic carbocycles. The third-order valence-electron chi connectivity index (χ3n) is 3.14. The summed E-state index contributed by atoms with van der Waals surface area (Å²) in [6, 6.07) is 7.72. The molecule has 19 heavy (non-hydrogen) atoms. The number of alkyl halides is 1. The first kappa shape index (κ1) is 16.8. The summed E-state index contributed by atoms with van der Waals surface area (Å²) in [6.07, 6.45) is 2.35. The lowest BCUT2D eigenvalue weighted by atomic mass is 9.97. The minimum absolute atomic E-state index is 0.215. The third-order valence-corrected chi connectivity index (χ3v) is 5.60. The van der Waals surface area contributed by atoms with E-state index >= 15 is 0 Å². The van der Waals surface area contributed by atoms with E-state index in [2.05, 4.69) is 0 Å². The van der Waals surface area contributed by atoms with Crippen LogP contribution in [0.25, 0.3) is 0 Å². The van der Waals surface area contributed by atoms with Crippen LogP contribution in [0.4, 0.5) is 0 Å². The van der Waals surface area contributed by atoms with E-state index in [1.54, 1.807) is 6.92 Å². The fourth-order valence-electron chi connectivity index (χ4n) is 1.97. The topological polar surface area (TPSA) is 34.1 Å². The average molecular weight is 323 g/mol. The quantitative estimate of drug-likeness (QED) is 0.679. The summed E-state index contributed by atoms with van der Waals surface area (Å²) in [5, 5.41) is 0.722. The second kappa shape index (κ2) is 8.13. The molecule has 0 saturated heterocycles. The van der Waals surface area contributed by atoms with Gasteiger partial charge >= 0.3 is 0 Å². The SMILES string of the molecule is CCS(=O)(=O)CCCC(CCl)Cc1cccc(Cl)c1. The van der Waals surface area contributed by atoms with E-state index in [1.165, 1.54) is 0 Å². The average Bonchev–Trinajstić information content (AvgIpc) is 2.37. The van der Waals surface area contributed by atoms with Gasteiger partial charge in [-0.1, -0.05) is 30.7 Å². The zero-order valence-electron chi connectivity index (χ0n) is 11.1. The van der Waals surface area contributed by atoms with Crippen molar-refractivity contribution in [1.82, 2.24) is 0 Å². The van der Waals surface area contributed by atoms with Crippen molar-refractivity contribution in [3.05, 3.63) is 34.9 Å². The van der Waals surface area contributed by atoms with Crippen molar-refractivity contribution in [3.63, 3.8) is 0 Å². The number of hydrogen-bond acceptors (Lipinski definition) is 2. The van der Waals surface area contributed by atoms with E-state index in [9.17, 15) is 8.42 Å². The van der Waals surface area contributed by atoms with Crippen molar-refractivity contribution < 1.29 is 8.42 Å². The smallest absolute Gasteiger partial charge is 0.150 e. The van der Waals surface area contributed by atoms with Gasteiger partial charge < -0.3 is 0 Å². The van der Waals surface area contributed by atoms with Crippen molar-refractivity contribution in [2.75, 3.05) is 17.4 Å². The maximum Gasteiger partial charge on any atom is 0.150 e. The Labute approximate surface area is 126 Å². The van der Waals surface area contributed by atoms with E-state index in [4.69, 9.17) is 23.2 Å². The fourth-order valence-corrected chi connectivity index (χ4v) is 3.34. The van der Waals surface area contributed by atoms with E-state index in [0.717, 1.165) is 23.4 Å². The molecule has 0 heterocycles. The summed E-state index contributed by atoms with van der Waals surface area (Å²) in [5.74, 6) is 1.31. The first-order chi connectivity index (χ1) is 8.96. The predicted molar refractivity (Wildman–Crippen MR) is 82.9 cm³/mol. The maximum atomic E-state index is 11.4. The van der Waals surface area contributed by atoms with Gasteiger partial charge in [-0.05, 0) is 42.9 Å². The molecule has 0 aliphatic heterocycles. The van der Waals surface area contributed by atoms with Gasteiger partial charge in [-0.25, -0.2) is 8.42 Å². The molecule has 1 rings (SSSR count). The van der Waals surface area contributed by atoms with Gasteiger partial charge in [-0.15, -0.1) is 11.6 Å². The molecule has 0 aromatic heterocycles. The first-order valence-corrected chi connectivity index (χ1v) is 9.21. The highest BCUT2D eigenvalue weighted by Gasteiger charge is 2.12. The van der Waals surface area contributed by atoms with Crippen LogP contribution in [0.5, 0.6) is 0 Å². The molecule has 5 heteroatoms. The highest BCUT2D eigenvalue weighted by molar-refractivity contribution is 7.91. The summed E-state index contributed by atoms with van der Waals surface area (Å²) < 4.78 is 22.8. The van der Waals surface area contributed by atoms with Gasteiger partial charge in [0.15, 0.2) is 0 Å².